The van der Waals surface area contributed by atoms with E-state index in [1.54, 1.807) is 50.2 Å². The molecule has 1 aliphatic heterocycles. The molecule has 3 N–H and O–H groups in total. The van der Waals surface area contributed by atoms with Crippen molar-refractivity contribution in [3.8, 4) is 0 Å². The first-order valence-electron chi connectivity index (χ1n) is 14.0. The molecule has 5 aromatic rings. The molecular formula is C33H30N6O5. The number of urea groups is 2. The number of nitrogens with one attached hydrogen (secondary N) is 2. The number of nitrogens with zero attached hydrogens (tertiary/aromatic N) is 4. The second-order valence-corrected chi connectivity index (χ2v) is 10.9. The van der Waals surface area contributed by atoms with Gasteiger partial charge in [0.15, 0.2) is 6.17 Å². The summed E-state index contributed by atoms with van der Waals surface area (Å²) in [7, 11) is 0. The van der Waals surface area contributed by atoms with Gasteiger partial charge >= 0.3 is 12.1 Å². The third-order valence-corrected chi connectivity index (χ3v) is 7.73. The molecule has 1 aromatic heterocycles. The van der Waals surface area contributed by atoms with Crippen LogP contribution >= 0.6 is 0 Å². The third kappa shape index (κ3) is 5.20. The fourth-order valence-corrected chi connectivity index (χ4v) is 5.60. The summed E-state index contributed by atoms with van der Waals surface area (Å²) >= 11 is 0. The predicted molar refractivity (Wildman–Crippen MR) is 167 cm³/mol. The van der Waals surface area contributed by atoms with Gasteiger partial charge in [-0.2, -0.15) is 10.2 Å². The second kappa shape index (κ2) is 11.5. The largest absolute Gasteiger partial charge is 0.463 e. The molecule has 0 aliphatic carbocycles. The Bertz CT molecular complexity index is 1880. The Labute approximate surface area is 252 Å². The van der Waals surface area contributed by atoms with Gasteiger partial charge in [-0.05, 0) is 48.9 Å². The van der Waals surface area contributed by atoms with Crippen LogP contribution < -0.4 is 15.6 Å². The van der Waals surface area contributed by atoms with Crippen LogP contribution in [0.1, 0.15) is 19.6 Å². The smallest absolute Gasteiger partial charge is 0.347 e. The number of carbonyl (C=O) groups excluding carboxylic acids is 3. The molecule has 222 valence electrons. The molecular weight excluding hydrogens is 560 g/mol. The topological polar surface area (TPSA) is 131 Å². The summed E-state index contributed by atoms with van der Waals surface area (Å²) < 4.78 is 5.18. The van der Waals surface area contributed by atoms with E-state index in [0.717, 1.165) is 21.5 Å². The van der Waals surface area contributed by atoms with E-state index in [2.05, 4.69) is 15.8 Å². The first-order valence-corrected chi connectivity index (χ1v) is 14.0. The number of anilines is 2. The van der Waals surface area contributed by atoms with Gasteiger partial charge in [-0.1, -0.05) is 72.8 Å². The number of amides is 5. The van der Waals surface area contributed by atoms with Crippen LogP contribution in [0.2, 0.25) is 0 Å². The van der Waals surface area contributed by atoms with Crippen molar-refractivity contribution in [2.24, 2.45) is 5.10 Å². The zero-order chi connectivity index (χ0) is 30.8. The first kappa shape index (κ1) is 28.4. The lowest BCUT2D eigenvalue weighted by Gasteiger charge is -2.38. The van der Waals surface area contributed by atoms with E-state index in [0.29, 0.717) is 22.2 Å². The SMILES string of the molecule is CC1(C)C(N(O)C(=O)Nc2cccc3ccccc23)N(c2cccc3ccccc23)C(=O)N1CC(=O)N/N=C\c1ccco1. The fourth-order valence-electron chi connectivity index (χ4n) is 5.60. The minimum atomic E-state index is -1.25. The van der Waals surface area contributed by atoms with Crippen molar-refractivity contribution >= 4 is 57.1 Å². The molecule has 1 unspecified atom stereocenters. The van der Waals surface area contributed by atoms with Crippen LogP contribution in [-0.4, -0.2) is 57.6 Å². The van der Waals surface area contributed by atoms with Crippen LogP contribution in [-0.2, 0) is 4.79 Å². The van der Waals surface area contributed by atoms with Crippen LogP contribution in [0.5, 0.6) is 0 Å². The first-order chi connectivity index (χ1) is 21.3. The highest BCUT2D eigenvalue weighted by Gasteiger charge is 2.56. The Hall–Kier alpha value is -5.68. The van der Waals surface area contributed by atoms with Crippen molar-refractivity contribution in [2.45, 2.75) is 25.6 Å². The fraction of sp³-hybridized carbons (Fsp3) is 0.152. The summed E-state index contributed by atoms with van der Waals surface area (Å²) in [5.74, 6) is -0.129. The van der Waals surface area contributed by atoms with E-state index in [1.165, 1.54) is 22.3 Å². The zero-order valence-electron chi connectivity index (χ0n) is 24.0. The molecule has 0 spiro atoms. The lowest BCUT2D eigenvalue weighted by molar-refractivity contribution is -0.124. The monoisotopic (exact) mass is 590 g/mol. The Kier molecular flexibility index (Phi) is 7.46. The minimum absolute atomic E-state index is 0.391. The molecule has 2 heterocycles. The van der Waals surface area contributed by atoms with Gasteiger partial charge < -0.3 is 14.6 Å². The number of hydrazone groups is 1. The number of fused-ring (bicyclic) bond motifs is 2. The minimum Gasteiger partial charge on any atom is -0.463 e. The van der Waals surface area contributed by atoms with Crippen molar-refractivity contribution in [2.75, 3.05) is 16.8 Å². The van der Waals surface area contributed by atoms with Crippen LogP contribution in [0.15, 0.2) is 113 Å². The second-order valence-electron chi connectivity index (χ2n) is 10.9. The number of furan rings is 1. The van der Waals surface area contributed by atoms with Crippen molar-refractivity contribution in [3.05, 3.63) is 109 Å². The van der Waals surface area contributed by atoms with Crippen LogP contribution in [0, 0.1) is 0 Å². The zero-order valence-corrected chi connectivity index (χ0v) is 24.0. The molecule has 0 saturated carbocycles. The number of hydrogen-bond donors (Lipinski definition) is 3. The summed E-state index contributed by atoms with van der Waals surface area (Å²) in [4.78, 5) is 43.5. The van der Waals surface area contributed by atoms with Gasteiger partial charge in [0, 0.05) is 10.8 Å². The molecule has 11 heteroatoms. The van der Waals surface area contributed by atoms with E-state index >= 15 is 0 Å². The molecule has 6 rings (SSSR count). The van der Waals surface area contributed by atoms with Gasteiger partial charge in [-0.25, -0.2) is 15.0 Å². The van der Waals surface area contributed by atoms with Crippen LogP contribution in [0.4, 0.5) is 21.0 Å². The maximum Gasteiger partial charge on any atom is 0.347 e. The summed E-state index contributed by atoms with van der Waals surface area (Å²) in [5.41, 5.74) is 2.13. The third-order valence-electron chi connectivity index (χ3n) is 7.73. The van der Waals surface area contributed by atoms with E-state index in [-0.39, 0.29) is 0 Å². The van der Waals surface area contributed by atoms with E-state index in [1.807, 2.05) is 60.7 Å². The van der Waals surface area contributed by atoms with Gasteiger partial charge in [0.25, 0.3) is 5.91 Å². The van der Waals surface area contributed by atoms with E-state index < -0.39 is 36.2 Å². The van der Waals surface area contributed by atoms with Gasteiger partial charge in [0.1, 0.15) is 12.3 Å². The Morgan fingerprint density at radius 1 is 0.932 bits per heavy atom. The number of rotatable bonds is 7. The molecule has 5 amide bonds. The number of benzene rings is 4. The van der Waals surface area contributed by atoms with Crippen LogP contribution in [0.3, 0.4) is 0 Å². The average molecular weight is 591 g/mol. The van der Waals surface area contributed by atoms with Gasteiger partial charge in [0.05, 0.1) is 29.4 Å². The molecule has 44 heavy (non-hydrogen) atoms. The summed E-state index contributed by atoms with van der Waals surface area (Å²) in [6.45, 7) is 2.99. The van der Waals surface area contributed by atoms with Gasteiger partial charge in [0.2, 0.25) is 0 Å². The lowest BCUT2D eigenvalue weighted by atomic mass is 9.99. The van der Waals surface area contributed by atoms with Gasteiger partial charge in [-0.15, -0.1) is 0 Å². The average Bonchev–Trinajstić information content (AvgIpc) is 3.61. The maximum absolute atomic E-state index is 14.2. The summed E-state index contributed by atoms with van der Waals surface area (Å²) in [6, 6.07) is 27.9. The van der Waals surface area contributed by atoms with Crippen molar-refractivity contribution in [1.82, 2.24) is 15.4 Å². The van der Waals surface area contributed by atoms with Crippen molar-refractivity contribution < 1.29 is 24.0 Å². The molecule has 4 aromatic carbocycles. The molecule has 1 saturated heterocycles. The Balaban J connectivity index is 1.34. The van der Waals surface area contributed by atoms with Crippen molar-refractivity contribution in [3.63, 3.8) is 0 Å². The molecule has 1 fully saturated rings. The molecule has 1 atom stereocenters. The van der Waals surface area contributed by atoms with Crippen molar-refractivity contribution in [1.29, 1.82) is 0 Å². The van der Waals surface area contributed by atoms with E-state index in [4.69, 9.17) is 4.42 Å². The predicted octanol–water partition coefficient (Wildman–Crippen LogP) is 6.01. The van der Waals surface area contributed by atoms with Gasteiger partial charge in [-0.3, -0.25) is 14.9 Å². The highest BCUT2D eigenvalue weighted by molar-refractivity contribution is 6.07. The summed E-state index contributed by atoms with van der Waals surface area (Å²) in [6.07, 6.45) is 1.59. The highest BCUT2D eigenvalue weighted by Crippen LogP contribution is 2.40. The number of carbonyl (C=O) groups is 3. The lowest BCUT2D eigenvalue weighted by Crippen LogP contribution is -2.58. The molecule has 11 nitrogen and oxygen atoms in total. The standard InChI is InChI=1S/C33H30N6O5/c1-33(2)30(39(43)31(41)35-27-17-7-12-22-10-3-5-15-25(22)27)38(28-18-8-13-23-11-4-6-16-26(23)28)32(42)37(33)21-29(40)36-34-20-24-14-9-19-44-24/h3-20,30,43H,21H2,1-2H3,(H,35,41)(H,36,40)/b34-20-. The molecule has 0 bridgehead atoms. The van der Waals surface area contributed by atoms with E-state index in [9.17, 15) is 19.6 Å². The number of hydroxylamine groups is 2. The highest BCUT2D eigenvalue weighted by atomic mass is 16.5. The molecule has 1 aliphatic rings. The normalized spacial score (nSPS) is 16.2. The maximum atomic E-state index is 14.2. The number of hydrogen-bond acceptors (Lipinski definition) is 6. The van der Waals surface area contributed by atoms with Crippen LogP contribution in [0.25, 0.3) is 21.5 Å². The Morgan fingerprint density at radius 3 is 2.32 bits per heavy atom. The molecule has 0 radical (unpaired) electrons. The Morgan fingerprint density at radius 2 is 1.59 bits per heavy atom. The quantitative estimate of drug-likeness (QED) is 0.121. The summed E-state index contributed by atoms with van der Waals surface area (Å²) in [5, 5.41) is 22.1.